The molecule has 5 heteroatoms. The van der Waals surface area contributed by atoms with E-state index < -0.39 is 0 Å². The maximum absolute atomic E-state index is 12.0. The molecule has 98 valence electrons. The van der Waals surface area contributed by atoms with Crippen molar-refractivity contribution in [3.05, 3.63) is 29.3 Å². The zero-order valence-electron chi connectivity index (χ0n) is 10.2. The molecule has 0 saturated carbocycles. The summed E-state index contributed by atoms with van der Waals surface area (Å²) in [6.07, 6.45) is 0.984. The van der Waals surface area contributed by atoms with Crippen LogP contribution >= 0.6 is 11.6 Å². The highest BCUT2D eigenvalue weighted by molar-refractivity contribution is 6.32. The largest absolute Gasteiger partial charge is 0.482 e. The van der Waals surface area contributed by atoms with Gasteiger partial charge >= 0.3 is 0 Å². The summed E-state index contributed by atoms with van der Waals surface area (Å²) in [6.45, 7) is 3.39. The Labute approximate surface area is 112 Å². The first kappa shape index (κ1) is 13.2. The van der Waals surface area contributed by atoms with Crippen LogP contribution in [0, 0.1) is 0 Å². The van der Waals surface area contributed by atoms with E-state index in [4.69, 9.17) is 16.3 Å². The van der Waals surface area contributed by atoms with Crippen molar-refractivity contribution in [2.24, 2.45) is 0 Å². The van der Waals surface area contributed by atoms with E-state index in [0.29, 0.717) is 10.8 Å². The van der Waals surface area contributed by atoms with E-state index in [1.165, 1.54) is 0 Å². The predicted octanol–water partition coefficient (Wildman–Crippen LogP) is 1.54. The molecule has 4 nitrogen and oxygen atoms in total. The van der Waals surface area contributed by atoms with Gasteiger partial charge in [0, 0.05) is 19.6 Å². The number of hydrogen-bond acceptors (Lipinski definition) is 3. The number of rotatable bonds is 3. The van der Waals surface area contributed by atoms with Crippen LogP contribution < -0.4 is 10.1 Å². The van der Waals surface area contributed by atoms with Crippen LogP contribution in [0.5, 0.6) is 5.75 Å². The van der Waals surface area contributed by atoms with E-state index in [2.05, 4.69) is 5.32 Å². The minimum absolute atomic E-state index is 0.0126. The van der Waals surface area contributed by atoms with Crippen LogP contribution in [0.2, 0.25) is 5.02 Å². The quantitative estimate of drug-likeness (QED) is 0.904. The molecule has 1 aliphatic rings. The lowest BCUT2D eigenvalue weighted by molar-refractivity contribution is -0.133. The Balaban J connectivity index is 1.86. The van der Waals surface area contributed by atoms with E-state index in [1.54, 1.807) is 12.1 Å². The summed E-state index contributed by atoms with van der Waals surface area (Å²) in [5, 5.41) is 3.79. The summed E-state index contributed by atoms with van der Waals surface area (Å²) in [5.41, 5.74) is 0. The lowest BCUT2D eigenvalue weighted by atomic mass is 10.3. The maximum Gasteiger partial charge on any atom is 0.260 e. The van der Waals surface area contributed by atoms with Gasteiger partial charge in [-0.2, -0.15) is 0 Å². The highest BCUT2D eigenvalue weighted by Crippen LogP contribution is 2.22. The highest BCUT2D eigenvalue weighted by atomic mass is 35.5. The summed E-state index contributed by atoms with van der Waals surface area (Å²) >= 11 is 5.96. The Morgan fingerprint density at radius 2 is 2.17 bits per heavy atom. The monoisotopic (exact) mass is 268 g/mol. The number of benzene rings is 1. The molecule has 0 radical (unpaired) electrons. The molecule has 0 bridgehead atoms. The third kappa shape index (κ3) is 3.62. The first-order chi connectivity index (χ1) is 8.77. The zero-order chi connectivity index (χ0) is 12.8. The summed E-state index contributed by atoms with van der Waals surface area (Å²) in [6, 6.07) is 7.18. The Bertz CT molecular complexity index is 404. The van der Waals surface area contributed by atoms with Gasteiger partial charge in [0.15, 0.2) is 6.61 Å². The average Bonchev–Trinajstić information content (AvgIpc) is 2.66. The van der Waals surface area contributed by atoms with Crippen molar-refractivity contribution in [3.63, 3.8) is 0 Å². The molecule has 1 amide bonds. The molecule has 18 heavy (non-hydrogen) atoms. The van der Waals surface area contributed by atoms with E-state index in [0.717, 1.165) is 32.6 Å². The van der Waals surface area contributed by atoms with Crippen molar-refractivity contribution < 1.29 is 9.53 Å². The van der Waals surface area contributed by atoms with Gasteiger partial charge in [-0.05, 0) is 25.1 Å². The number of amides is 1. The molecule has 1 fully saturated rings. The number of ether oxygens (including phenoxy) is 1. The van der Waals surface area contributed by atoms with Crippen molar-refractivity contribution in [3.8, 4) is 5.75 Å². The number of hydrogen-bond donors (Lipinski definition) is 1. The van der Waals surface area contributed by atoms with Crippen LogP contribution in [0.15, 0.2) is 24.3 Å². The maximum atomic E-state index is 12.0. The van der Waals surface area contributed by atoms with E-state index >= 15 is 0 Å². The third-order valence-electron chi connectivity index (χ3n) is 2.88. The molecule has 0 atom stereocenters. The van der Waals surface area contributed by atoms with Crippen molar-refractivity contribution in [2.75, 3.05) is 32.8 Å². The highest BCUT2D eigenvalue weighted by Gasteiger charge is 2.15. The van der Waals surface area contributed by atoms with Crippen molar-refractivity contribution in [1.29, 1.82) is 0 Å². The fourth-order valence-electron chi connectivity index (χ4n) is 1.89. The molecule has 1 aliphatic heterocycles. The summed E-state index contributed by atoms with van der Waals surface area (Å²) < 4.78 is 5.45. The molecular weight excluding hydrogens is 252 g/mol. The van der Waals surface area contributed by atoms with Gasteiger partial charge in [0.05, 0.1) is 5.02 Å². The lowest BCUT2D eigenvalue weighted by Crippen LogP contribution is -2.37. The standard InChI is InChI=1S/C13H17ClN2O2/c14-11-4-1-2-5-12(11)18-10-13(17)16-8-3-6-15-7-9-16/h1-2,4-5,15H,3,6-10H2. The Hall–Kier alpha value is -1.26. The molecule has 0 aromatic heterocycles. The van der Waals surface area contributed by atoms with Crippen molar-refractivity contribution in [1.82, 2.24) is 10.2 Å². The Morgan fingerprint density at radius 3 is 3.00 bits per heavy atom. The molecule has 1 aromatic rings. The summed E-state index contributed by atoms with van der Waals surface area (Å²) in [7, 11) is 0. The van der Waals surface area contributed by atoms with Gasteiger partial charge in [-0.3, -0.25) is 4.79 Å². The summed E-state index contributed by atoms with van der Waals surface area (Å²) in [4.78, 5) is 13.8. The number of carbonyl (C=O) groups excluding carboxylic acids is 1. The van der Waals surface area contributed by atoms with Gasteiger partial charge in [-0.25, -0.2) is 0 Å². The van der Waals surface area contributed by atoms with Crippen molar-refractivity contribution >= 4 is 17.5 Å². The number of nitrogens with zero attached hydrogens (tertiary/aromatic N) is 1. The van der Waals surface area contributed by atoms with Crippen LogP contribution in [0.3, 0.4) is 0 Å². The average molecular weight is 269 g/mol. The third-order valence-corrected chi connectivity index (χ3v) is 3.19. The van der Waals surface area contributed by atoms with Gasteiger partial charge in [0.2, 0.25) is 0 Å². The normalized spacial score (nSPS) is 16.2. The molecule has 1 heterocycles. The van der Waals surface area contributed by atoms with Crippen LogP contribution in [0.4, 0.5) is 0 Å². The molecule has 1 aromatic carbocycles. The second-order valence-electron chi connectivity index (χ2n) is 4.20. The number of nitrogens with one attached hydrogen (secondary N) is 1. The zero-order valence-corrected chi connectivity index (χ0v) is 10.9. The topological polar surface area (TPSA) is 41.6 Å². The SMILES string of the molecule is O=C(COc1ccccc1Cl)N1CCCNCC1. The van der Waals surface area contributed by atoms with Crippen LogP contribution in [-0.4, -0.2) is 43.6 Å². The van der Waals surface area contributed by atoms with E-state index in [-0.39, 0.29) is 12.5 Å². The molecule has 0 aliphatic carbocycles. The summed E-state index contributed by atoms with van der Waals surface area (Å²) in [5.74, 6) is 0.569. The smallest absolute Gasteiger partial charge is 0.260 e. The van der Waals surface area contributed by atoms with Gasteiger partial charge in [-0.1, -0.05) is 23.7 Å². The van der Waals surface area contributed by atoms with Gasteiger partial charge in [0.25, 0.3) is 5.91 Å². The second-order valence-corrected chi connectivity index (χ2v) is 4.61. The minimum atomic E-state index is 0.0126. The number of carbonyl (C=O) groups is 1. The van der Waals surface area contributed by atoms with E-state index in [9.17, 15) is 4.79 Å². The van der Waals surface area contributed by atoms with Crippen molar-refractivity contribution in [2.45, 2.75) is 6.42 Å². The molecule has 0 unspecified atom stereocenters. The molecule has 2 rings (SSSR count). The molecule has 1 N–H and O–H groups in total. The predicted molar refractivity (Wildman–Crippen MR) is 71.0 cm³/mol. The number of para-hydroxylation sites is 1. The molecule has 1 saturated heterocycles. The fraction of sp³-hybridized carbons (Fsp3) is 0.462. The fourth-order valence-corrected chi connectivity index (χ4v) is 2.08. The lowest BCUT2D eigenvalue weighted by Gasteiger charge is -2.20. The number of halogens is 1. The van der Waals surface area contributed by atoms with E-state index in [1.807, 2.05) is 17.0 Å². The van der Waals surface area contributed by atoms with Gasteiger partial charge < -0.3 is 15.0 Å². The Morgan fingerprint density at radius 1 is 1.33 bits per heavy atom. The molecular formula is C13H17ClN2O2. The second kappa shape index (κ2) is 6.61. The first-order valence-electron chi connectivity index (χ1n) is 6.13. The van der Waals surface area contributed by atoms with Crippen LogP contribution in [0.1, 0.15) is 6.42 Å². The molecule has 0 spiro atoms. The minimum Gasteiger partial charge on any atom is -0.482 e. The van der Waals surface area contributed by atoms with Crippen LogP contribution in [0.25, 0.3) is 0 Å². The first-order valence-corrected chi connectivity index (χ1v) is 6.51. The Kier molecular flexibility index (Phi) is 4.84. The van der Waals surface area contributed by atoms with Crippen LogP contribution in [-0.2, 0) is 4.79 Å². The van der Waals surface area contributed by atoms with Gasteiger partial charge in [0.1, 0.15) is 5.75 Å². The van der Waals surface area contributed by atoms with Gasteiger partial charge in [-0.15, -0.1) is 0 Å².